The molecule has 3 N–H and O–H groups in total. The summed E-state index contributed by atoms with van der Waals surface area (Å²) in [5.41, 5.74) is 0. The normalized spacial score (nSPS) is 13.4. The lowest BCUT2D eigenvalue weighted by Crippen LogP contribution is -2.45. The minimum Gasteiger partial charge on any atom is -0.394 e. The number of allylic oxidation sites excluding steroid dienone is 7. The molecular weight excluding hydrogens is 639 g/mol. The van der Waals surface area contributed by atoms with E-state index in [1.54, 1.807) is 6.08 Å². The summed E-state index contributed by atoms with van der Waals surface area (Å²) in [6.07, 6.45) is 59.4. The van der Waals surface area contributed by atoms with Crippen LogP contribution in [0, 0.1) is 0 Å². The Morgan fingerprint density at radius 2 is 0.750 bits per heavy atom. The first-order chi connectivity index (χ1) is 25.7. The zero-order chi connectivity index (χ0) is 37.8. The van der Waals surface area contributed by atoms with Crippen molar-refractivity contribution in [2.75, 3.05) is 6.61 Å². The summed E-state index contributed by atoms with van der Waals surface area (Å²) in [5.74, 6) is -0.0867. The fourth-order valence-corrected chi connectivity index (χ4v) is 6.73. The Morgan fingerprint density at radius 3 is 1.12 bits per heavy atom. The first-order valence-corrected chi connectivity index (χ1v) is 22.9. The molecule has 304 valence electrons. The van der Waals surface area contributed by atoms with Crippen LogP contribution in [0.4, 0.5) is 0 Å². The molecule has 0 bridgehead atoms. The first-order valence-electron chi connectivity index (χ1n) is 22.9. The molecule has 2 unspecified atom stereocenters. The fourth-order valence-electron chi connectivity index (χ4n) is 6.73. The van der Waals surface area contributed by atoms with Gasteiger partial charge in [0.2, 0.25) is 5.91 Å². The molecule has 0 aliphatic carbocycles. The smallest absolute Gasteiger partial charge is 0.220 e. The van der Waals surface area contributed by atoms with Gasteiger partial charge in [0.1, 0.15) is 0 Å². The Balaban J connectivity index is 3.64. The van der Waals surface area contributed by atoms with E-state index in [-0.39, 0.29) is 12.5 Å². The first kappa shape index (κ1) is 50.4. The van der Waals surface area contributed by atoms with Crippen LogP contribution in [0.3, 0.4) is 0 Å². The van der Waals surface area contributed by atoms with Crippen molar-refractivity contribution in [1.82, 2.24) is 5.32 Å². The Kier molecular flexibility index (Phi) is 42.4. The van der Waals surface area contributed by atoms with Gasteiger partial charge < -0.3 is 15.5 Å². The number of hydrogen-bond donors (Lipinski definition) is 3. The summed E-state index contributed by atoms with van der Waals surface area (Å²) in [6, 6.07) is -0.650. The van der Waals surface area contributed by atoms with Crippen molar-refractivity contribution < 1.29 is 15.0 Å². The number of amides is 1. The van der Waals surface area contributed by atoms with E-state index in [0.29, 0.717) is 6.42 Å². The number of rotatable bonds is 41. The van der Waals surface area contributed by atoms with Crippen LogP contribution in [0.25, 0.3) is 0 Å². The summed E-state index contributed by atoms with van der Waals surface area (Å²) in [4.78, 5) is 12.4. The summed E-state index contributed by atoms with van der Waals surface area (Å²) in [7, 11) is 0. The van der Waals surface area contributed by atoms with E-state index >= 15 is 0 Å². The highest BCUT2D eigenvalue weighted by Crippen LogP contribution is 2.14. The lowest BCUT2D eigenvalue weighted by atomic mass is 10.0. The number of unbranched alkanes of at least 4 members (excludes halogenated alkanes) is 28. The van der Waals surface area contributed by atoms with E-state index in [4.69, 9.17) is 0 Å². The van der Waals surface area contributed by atoms with Crippen LogP contribution < -0.4 is 5.32 Å². The van der Waals surface area contributed by atoms with E-state index in [9.17, 15) is 15.0 Å². The number of carbonyl (C=O) groups is 1. The molecule has 0 aromatic rings. The number of aliphatic hydroxyl groups is 2. The maximum atomic E-state index is 12.4. The molecule has 4 heteroatoms. The van der Waals surface area contributed by atoms with Gasteiger partial charge in [-0.05, 0) is 70.6 Å². The van der Waals surface area contributed by atoms with Crippen molar-refractivity contribution in [2.45, 2.75) is 244 Å². The molecule has 0 radical (unpaired) electrons. The van der Waals surface area contributed by atoms with Crippen molar-refractivity contribution >= 4 is 5.91 Å². The van der Waals surface area contributed by atoms with Gasteiger partial charge in [0, 0.05) is 6.42 Å². The summed E-state index contributed by atoms with van der Waals surface area (Å²) >= 11 is 0. The predicted octanol–water partition coefficient (Wildman–Crippen LogP) is 14.4. The zero-order valence-electron chi connectivity index (χ0n) is 34.8. The highest BCUT2D eigenvalue weighted by atomic mass is 16.3. The van der Waals surface area contributed by atoms with E-state index in [1.165, 1.54) is 161 Å². The van der Waals surface area contributed by atoms with Gasteiger partial charge in [0.05, 0.1) is 18.8 Å². The molecule has 0 spiro atoms. The van der Waals surface area contributed by atoms with Gasteiger partial charge in [-0.25, -0.2) is 0 Å². The maximum absolute atomic E-state index is 12.4. The molecule has 0 heterocycles. The average Bonchev–Trinajstić information content (AvgIpc) is 3.15. The second kappa shape index (κ2) is 43.8. The molecular formula is C48H89NO3. The predicted molar refractivity (Wildman–Crippen MR) is 230 cm³/mol. The van der Waals surface area contributed by atoms with Gasteiger partial charge in [-0.1, -0.05) is 204 Å². The van der Waals surface area contributed by atoms with Gasteiger partial charge in [0.15, 0.2) is 0 Å². The molecule has 52 heavy (non-hydrogen) atoms. The third-order valence-electron chi connectivity index (χ3n) is 10.3. The van der Waals surface area contributed by atoms with E-state index in [0.717, 1.165) is 51.4 Å². The third-order valence-corrected chi connectivity index (χ3v) is 10.3. The van der Waals surface area contributed by atoms with Gasteiger partial charge >= 0.3 is 0 Å². The molecule has 0 saturated carbocycles. The topological polar surface area (TPSA) is 69.6 Å². The van der Waals surface area contributed by atoms with Crippen LogP contribution in [0.1, 0.15) is 232 Å². The molecule has 0 saturated heterocycles. The van der Waals surface area contributed by atoms with Crippen LogP contribution >= 0.6 is 0 Å². The second-order valence-corrected chi connectivity index (χ2v) is 15.4. The standard InChI is InChI=1S/C48H89NO3/c1-3-5-7-9-11-13-15-17-19-21-22-23-24-25-26-27-28-29-31-33-35-37-39-41-43-47(51)46(45-50)49-48(52)44-42-40-38-36-34-32-30-20-18-16-14-12-10-8-6-4-2/h20,27-28,30,33,35,41,43,46-47,50-51H,3-19,21-26,29,31-32,34,36-40,42,44-45H2,1-2H3,(H,49,52)/b28-27+,30-20-,35-33+,43-41+. The summed E-state index contributed by atoms with van der Waals surface area (Å²) in [5, 5.41) is 23.0. The molecule has 4 nitrogen and oxygen atoms in total. The molecule has 1 amide bonds. The van der Waals surface area contributed by atoms with Gasteiger partial charge in [-0.3, -0.25) is 4.79 Å². The van der Waals surface area contributed by atoms with Crippen LogP contribution in [0.5, 0.6) is 0 Å². The third kappa shape index (κ3) is 39.6. The Hall–Kier alpha value is -1.65. The van der Waals surface area contributed by atoms with Crippen LogP contribution in [-0.4, -0.2) is 34.9 Å². The fraction of sp³-hybridized carbons (Fsp3) is 0.812. The van der Waals surface area contributed by atoms with Gasteiger partial charge in [-0.2, -0.15) is 0 Å². The average molecular weight is 728 g/mol. The van der Waals surface area contributed by atoms with E-state index < -0.39 is 12.1 Å². The number of aliphatic hydroxyl groups excluding tert-OH is 2. The van der Waals surface area contributed by atoms with E-state index in [1.807, 2.05) is 6.08 Å². The largest absolute Gasteiger partial charge is 0.394 e. The lowest BCUT2D eigenvalue weighted by Gasteiger charge is -2.19. The van der Waals surface area contributed by atoms with Crippen molar-refractivity contribution in [2.24, 2.45) is 0 Å². The molecule has 0 aliphatic heterocycles. The molecule has 0 rings (SSSR count). The van der Waals surface area contributed by atoms with Crippen molar-refractivity contribution in [3.63, 3.8) is 0 Å². The highest BCUT2D eigenvalue weighted by Gasteiger charge is 2.17. The van der Waals surface area contributed by atoms with Crippen LogP contribution in [0.2, 0.25) is 0 Å². The van der Waals surface area contributed by atoms with Gasteiger partial charge in [-0.15, -0.1) is 0 Å². The lowest BCUT2D eigenvalue weighted by molar-refractivity contribution is -0.123. The molecule has 0 fully saturated rings. The summed E-state index contributed by atoms with van der Waals surface area (Å²) in [6.45, 7) is 4.29. The minimum absolute atomic E-state index is 0.0867. The number of nitrogens with one attached hydrogen (secondary N) is 1. The maximum Gasteiger partial charge on any atom is 0.220 e. The molecule has 2 atom stereocenters. The van der Waals surface area contributed by atoms with Crippen LogP contribution in [-0.2, 0) is 4.79 Å². The minimum atomic E-state index is -0.873. The van der Waals surface area contributed by atoms with Crippen LogP contribution in [0.15, 0.2) is 48.6 Å². The van der Waals surface area contributed by atoms with Crippen molar-refractivity contribution in [3.8, 4) is 0 Å². The Morgan fingerprint density at radius 1 is 0.442 bits per heavy atom. The molecule has 0 aliphatic rings. The van der Waals surface area contributed by atoms with E-state index in [2.05, 4.69) is 55.6 Å². The quantitative estimate of drug-likeness (QED) is 0.0434. The van der Waals surface area contributed by atoms with Crippen molar-refractivity contribution in [3.05, 3.63) is 48.6 Å². The molecule has 0 aromatic heterocycles. The van der Waals surface area contributed by atoms with Crippen molar-refractivity contribution in [1.29, 1.82) is 0 Å². The highest BCUT2D eigenvalue weighted by molar-refractivity contribution is 5.76. The molecule has 0 aromatic carbocycles. The number of hydrogen-bond acceptors (Lipinski definition) is 3. The second-order valence-electron chi connectivity index (χ2n) is 15.4. The van der Waals surface area contributed by atoms with Gasteiger partial charge in [0.25, 0.3) is 0 Å². The number of carbonyl (C=O) groups excluding carboxylic acids is 1. The SMILES string of the molecule is CCCCCCCCC/C=C\CCCCCCCC(=O)NC(CO)C(O)/C=C/CC/C=C/CC/C=C/CCCCCCCCCCCCCCCC. The summed E-state index contributed by atoms with van der Waals surface area (Å²) < 4.78 is 0. The Bertz CT molecular complexity index is 831. The zero-order valence-corrected chi connectivity index (χ0v) is 34.8. The monoisotopic (exact) mass is 728 g/mol. The Labute approximate surface area is 324 Å².